The molecule has 3 heteroatoms. The topological polar surface area (TPSA) is 45.9 Å². The van der Waals surface area contributed by atoms with Crippen molar-refractivity contribution >= 4 is 0 Å². The second kappa shape index (κ2) is 1.96. The summed E-state index contributed by atoms with van der Waals surface area (Å²) < 4.78 is 4.69. The van der Waals surface area contributed by atoms with Gasteiger partial charge >= 0.3 is 0 Å². The Morgan fingerprint density at radius 3 is 2.88 bits per heavy atom. The van der Waals surface area contributed by atoms with Crippen LogP contribution in [0.2, 0.25) is 0 Å². The summed E-state index contributed by atoms with van der Waals surface area (Å²) in [5, 5.41) is 10.1. The van der Waals surface area contributed by atoms with E-state index in [2.05, 4.69) is 9.40 Å². The fourth-order valence-corrected chi connectivity index (χ4v) is 0.465. The lowest BCUT2D eigenvalue weighted by atomic mass is 10.4. The normalized spacial score (nSPS) is 9.75. The molecule has 3 nitrogen and oxygen atoms in total. The van der Waals surface area contributed by atoms with Gasteiger partial charge in [-0.1, -0.05) is 0 Å². The summed E-state index contributed by atoms with van der Waals surface area (Å²) in [6.45, 7) is 1.43. The van der Waals surface area contributed by atoms with Crippen molar-refractivity contribution in [3.8, 4) is 0 Å². The van der Waals surface area contributed by atoms with E-state index in [1.54, 1.807) is 6.92 Å². The first-order valence-corrected chi connectivity index (χ1v) is 2.31. The fourth-order valence-electron chi connectivity index (χ4n) is 0.465. The van der Waals surface area contributed by atoms with E-state index in [1.165, 1.54) is 6.39 Å². The molecule has 0 saturated heterocycles. The molecule has 1 radical (unpaired) electrons. The zero-order valence-corrected chi connectivity index (χ0v) is 4.55. The molecule has 1 aromatic heterocycles. The van der Waals surface area contributed by atoms with Gasteiger partial charge in [-0.3, -0.25) is 0 Å². The van der Waals surface area contributed by atoms with Crippen molar-refractivity contribution in [2.45, 2.75) is 13.5 Å². The van der Waals surface area contributed by atoms with Gasteiger partial charge in [-0.2, -0.15) is 0 Å². The van der Waals surface area contributed by atoms with Gasteiger partial charge in [-0.05, 0) is 6.92 Å². The third kappa shape index (κ3) is 0.721. The van der Waals surface area contributed by atoms with Crippen molar-refractivity contribution in [2.24, 2.45) is 0 Å². The molecule has 0 spiro atoms. The Morgan fingerprint density at radius 2 is 2.62 bits per heavy atom. The van der Waals surface area contributed by atoms with Gasteiger partial charge in [0.2, 0.25) is 0 Å². The van der Waals surface area contributed by atoms with Gasteiger partial charge in [0.25, 0.3) is 0 Å². The largest absolute Gasteiger partial charge is 0.446 e. The molecule has 43 valence electrons. The first-order valence-electron chi connectivity index (χ1n) is 2.31. The second-order valence-corrected chi connectivity index (χ2v) is 1.51. The van der Waals surface area contributed by atoms with Crippen LogP contribution in [0.15, 0.2) is 10.8 Å². The lowest BCUT2D eigenvalue weighted by Crippen LogP contribution is -1.79. The molecule has 0 bridgehead atoms. The fraction of sp³-hybridized carbons (Fsp3) is 0.400. The summed E-state index contributed by atoms with van der Waals surface area (Å²) in [4.78, 5) is 3.72. The average Bonchev–Trinajstić information content (AvgIpc) is 2.14. The van der Waals surface area contributed by atoms with Crippen LogP contribution in [-0.2, 0) is 11.7 Å². The molecule has 1 heterocycles. The maximum Gasteiger partial charge on any atom is 0.181 e. The van der Waals surface area contributed by atoms with Gasteiger partial charge in [0.1, 0.15) is 6.61 Å². The molecule has 0 aliphatic rings. The van der Waals surface area contributed by atoms with Crippen molar-refractivity contribution in [1.29, 1.82) is 0 Å². The van der Waals surface area contributed by atoms with E-state index < -0.39 is 0 Å². The molecule has 0 N–H and O–H groups in total. The molecule has 0 aliphatic heterocycles. The molecule has 0 amide bonds. The van der Waals surface area contributed by atoms with E-state index in [4.69, 9.17) is 0 Å². The van der Waals surface area contributed by atoms with Crippen LogP contribution < -0.4 is 0 Å². The minimum Gasteiger partial charge on any atom is -0.446 e. The van der Waals surface area contributed by atoms with Crippen molar-refractivity contribution in [1.82, 2.24) is 4.98 Å². The van der Waals surface area contributed by atoms with Gasteiger partial charge in [-0.15, -0.1) is 0 Å². The average molecular weight is 112 g/mol. The lowest BCUT2D eigenvalue weighted by molar-refractivity contribution is 0.154. The van der Waals surface area contributed by atoms with Gasteiger partial charge in [0, 0.05) is 0 Å². The molecule has 0 aliphatic carbocycles. The second-order valence-electron chi connectivity index (χ2n) is 1.51. The minimum absolute atomic E-state index is 0.314. The smallest absolute Gasteiger partial charge is 0.181 e. The third-order valence-electron chi connectivity index (χ3n) is 0.976. The maximum atomic E-state index is 10.1. The highest BCUT2D eigenvalue weighted by atomic mass is 16.4. The predicted molar refractivity (Wildman–Crippen MR) is 25.6 cm³/mol. The summed E-state index contributed by atoms with van der Waals surface area (Å²) in [7, 11) is 0. The monoisotopic (exact) mass is 112 g/mol. The van der Waals surface area contributed by atoms with E-state index in [0.29, 0.717) is 11.5 Å². The Morgan fingerprint density at radius 1 is 1.88 bits per heavy atom. The molecule has 0 saturated carbocycles. The van der Waals surface area contributed by atoms with E-state index in [9.17, 15) is 5.11 Å². The summed E-state index contributed by atoms with van der Waals surface area (Å²) in [5.41, 5.74) is 0.694. The van der Waals surface area contributed by atoms with Crippen LogP contribution in [-0.4, -0.2) is 4.98 Å². The highest BCUT2D eigenvalue weighted by molar-refractivity contribution is 5.01. The lowest BCUT2D eigenvalue weighted by Gasteiger charge is -1.82. The van der Waals surface area contributed by atoms with Crippen molar-refractivity contribution in [3.63, 3.8) is 0 Å². The Labute approximate surface area is 47.0 Å². The molecule has 8 heavy (non-hydrogen) atoms. The Kier molecular flexibility index (Phi) is 1.30. The van der Waals surface area contributed by atoms with E-state index in [1.807, 2.05) is 0 Å². The zero-order valence-electron chi connectivity index (χ0n) is 4.55. The van der Waals surface area contributed by atoms with E-state index in [0.717, 1.165) is 0 Å². The van der Waals surface area contributed by atoms with Gasteiger partial charge < -0.3 is 4.42 Å². The number of aryl methyl sites for hydroxylation is 1. The number of rotatable bonds is 1. The standard InChI is InChI=1S/C5H6NO2/c1-4-5(2-7)8-3-6-4/h3H,2H2,1H3. The van der Waals surface area contributed by atoms with Crippen LogP contribution in [0.3, 0.4) is 0 Å². The Balaban J connectivity index is 2.92. The SMILES string of the molecule is Cc1ncoc1C[O]. The van der Waals surface area contributed by atoms with Crippen LogP contribution >= 0.6 is 0 Å². The molecule has 0 fully saturated rings. The van der Waals surface area contributed by atoms with Crippen LogP contribution in [0.5, 0.6) is 0 Å². The third-order valence-corrected chi connectivity index (χ3v) is 0.976. The van der Waals surface area contributed by atoms with Crippen molar-refractivity contribution < 1.29 is 9.52 Å². The molecular weight excluding hydrogens is 106 g/mol. The first kappa shape index (κ1) is 5.31. The van der Waals surface area contributed by atoms with Crippen molar-refractivity contribution in [3.05, 3.63) is 17.8 Å². The predicted octanol–water partition coefficient (Wildman–Crippen LogP) is 0.914. The highest BCUT2D eigenvalue weighted by Gasteiger charge is 1.98. The van der Waals surface area contributed by atoms with Crippen molar-refractivity contribution in [2.75, 3.05) is 0 Å². The number of hydrogen-bond acceptors (Lipinski definition) is 2. The summed E-state index contributed by atoms with van der Waals surface area (Å²) in [6.07, 6.45) is 1.28. The number of oxazole rings is 1. The van der Waals surface area contributed by atoms with E-state index in [-0.39, 0.29) is 6.61 Å². The molecule has 0 aromatic carbocycles. The maximum absolute atomic E-state index is 10.1. The van der Waals surface area contributed by atoms with Gasteiger partial charge in [0.15, 0.2) is 12.2 Å². The minimum atomic E-state index is -0.314. The summed E-state index contributed by atoms with van der Waals surface area (Å²) in [5.74, 6) is 0.435. The molecule has 1 rings (SSSR count). The van der Waals surface area contributed by atoms with E-state index >= 15 is 0 Å². The Hall–Kier alpha value is -0.830. The number of hydrogen-bond donors (Lipinski definition) is 0. The van der Waals surface area contributed by atoms with Gasteiger partial charge in [-0.25, -0.2) is 10.1 Å². The first-order chi connectivity index (χ1) is 3.84. The quantitative estimate of drug-likeness (QED) is 0.542. The number of aromatic nitrogens is 1. The summed E-state index contributed by atoms with van der Waals surface area (Å²) >= 11 is 0. The van der Waals surface area contributed by atoms with Crippen LogP contribution in [0.4, 0.5) is 0 Å². The molecular formula is C5H6NO2. The zero-order chi connectivity index (χ0) is 5.98. The van der Waals surface area contributed by atoms with Crippen LogP contribution in [0.25, 0.3) is 0 Å². The highest BCUT2D eigenvalue weighted by Crippen LogP contribution is 2.02. The van der Waals surface area contributed by atoms with Crippen LogP contribution in [0, 0.1) is 6.92 Å². The molecule has 0 atom stereocenters. The molecule has 1 aromatic rings. The number of nitrogens with zero attached hydrogens (tertiary/aromatic N) is 1. The Bertz CT molecular complexity index is 171. The van der Waals surface area contributed by atoms with Crippen LogP contribution in [0.1, 0.15) is 11.5 Å². The summed E-state index contributed by atoms with van der Waals surface area (Å²) in [6, 6.07) is 0. The molecule has 0 unspecified atom stereocenters. The van der Waals surface area contributed by atoms with Gasteiger partial charge in [0.05, 0.1) is 5.69 Å².